The van der Waals surface area contributed by atoms with Crippen LogP contribution >= 0.6 is 0 Å². The number of fused-ring (bicyclic) bond motifs is 1. The van der Waals surface area contributed by atoms with Gasteiger partial charge in [0.1, 0.15) is 23.9 Å². The van der Waals surface area contributed by atoms with Gasteiger partial charge in [-0.3, -0.25) is 9.55 Å². The molecule has 4 rings (SSSR count). The van der Waals surface area contributed by atoms with Gasteiger partial charge < -0.3 is 14.6 Å². The van der Waals surface area contributed by atoms with E-state index in [0.717, 1.165) is 11.6 Å². The number of hydrogen-bond donors (Lipinski definition) is 1. The van der Waals surface area contributed by atoms with Crippen molar-refractivity contribution in [3.63, 3.8) is 0 Å². The molecule has 196 valence electrons. The van der Waals surface area contributed by atoms with Crippen molar-refractivity contribution in [2.75, 3.05) is 12.4 Å². The van der Waals surface area contributed by atoms with Crippen LogP contribution in [0.4, 0.5) is 0 Å². The van der Waals surface area contributed by atoms with Crippen LogP contribution in [-0.2, 0) is 27.9 Å². The Morgan fingerprint density at radius 2 is 1.86 bits per heavy atom. The van der Waals surface area contributed by atoms with E-state index in [1.54, 1.807) is 25.3 Å². The van der Waals surface area contributed by atoms with Crippen molar-refractivity contribution in [3.8, 4) is 23.0 Å². The smallest absolute Gasteiger partial charge is 0.195 e. The highest BCUT2D eigenvalue weighted by Crippen LogP contribution is 2.32. The summed E-state index contributed by atoms with van der Waals surface area (Å²) in [7, 11) is -4.66. The Kier molecular flexibility index (Phi) is 8.07. The lowest BCUT2D eigenvalue weighted by molar-refractivity contribution is 0.0909. The summed E-state index contributed by atoms with van der Waals surface area (Å²) in [4.78, 5) is 13.3. The van der Waals surface area contributed by atoms with E-state index in [0.29, 0.717) is 40.7 Å². The van der Waals surface area contributed by atoms with Crippen molar-refractivity contribution in [1.29, 1.82) is 0 Å². The van der Waals surface area contributed by atoms with Gasteiger partial charge >= 0.3 is 0 Å². The average molecular weight is 541 g/mol. The molecule has 0 atom stereocenters. The van der Waals surface area contributed by atoms with E-state index in [1.165, 1.54) is 12.3 Å². The summed E-state index contributed by atoms with van der Waals surface area (Å²) < 4.78 is 38.1. The van der Waals surface area contributed by atoms with Gasteiger partial charge in [-0.05, 0) is 36.4 Å². The summed E-state index contributed by atoms with van der Waals surface area (Å²) in [6.45, 7) is 9.15. The fourth-order valence-electron chi connectivity index (χ4n) is 3.69. The SMILES string of the molecule is CCS(=O)(=O)c1ccc(Oc2cc(CO)c3nc(-c4ccccn4)n(COCC[Si](C)(C)C)c3c2)cn1. The van der Waals surface area contributed by atoms with Gasteiger partial charge in [0.05, 0.1) is 29.6 Å². The molecule has 3 aromatic heterocycles. The van der Waals surface area contributed by atoms with Gasteiger partial charge in [0, 0.05) is 32.5 Å². The van der Waals surface area contributed by atoms with E-state index in [4.69, 9.17) is 14.5 Å². The summed E-state index contributed by atoms with van der Waals surface area (Å²) >= 11 is 0. The second kappa shape index (κ2) is 11.1. The number of aliphatic hydroxyl groups is 1. The van der Waals surface area contributed by atoms with Crippen molar-refractivity contribution in [2.24, 2.45) is 0 Å². The molecule has 0 aliphatic heterocycles. The number of pyridine rings is 2. The van der Waals surface area contributed by atoms with Crippen molar-refractivity contribution in [3.05, 3.63) is 60.4 Å². The molecular weight excluding hydrogens is 508 g/mol. The van der Waals surface area contributed by atoms with Crippen LogP contribution in [0.3, 0.4) is 0 Å². The minimum Gasteiger partial charge on any atom is -0.456 e. The Balaban J connectivity index is 1.72. The van der Waals surface area contributed by atoms with Crippen LogP contribution in [-0.4, -0.2) is 53.5 Å². The lowest BCUT2D eigenvalue weighted by Crippen LogP contribution is -2.22. The topological polar surface area (TPSA) is 116 Å². The van der Waals surface area contributed by atoms with Crippen molar-refractivity contribution < 1.29 is 23.0 Å². The van der Waals surface area contributed by atoms with E-state index in [1.807, 2.05) is 28.8 Å². The molecule has 1 N–H and O–H groups in total. The lowest BCUT2D eigenvalue weighted by atomic mass is 10.2. The second-order valence-corrected chi connectivity index (χ2v) is 17.7. The van der Waals surface area contributed by atoms with Crippen LogP contribution < -0.4 is 4.74 Å². The maximum absolute atomic E-state index is 12.1. The molecule has 0 unspecified atom stereocenters. The average Bonchev–Trinajstić information content (AvgIpc) is 3.25. The Morgan fingerprint density at radius 1 is 1.05 bits per heavy atom. The predicted octanol–water partition coefficient (Wildman–Crippen LogP) is 4.88. The maximum Gasteiger partial charge on any atom is 0.195 e. The normalized spacial score (nSPS) is 12.2. The largest absolute Gasteiger partial charge is 0.456 e. The summed E-state index contributed by atoms with van der Waals surface area (Å²) in [6.07, 6.45) is 3.09. The number of hydrogen-bond acceptors (Lipinski definition) is 8. The van der Waals surface area contributed by atoms with Gasteiger partial charge in [0.15, 0.2) is 20.7 Å². The highest BCUT2D eigenvalue weighted by atomic mass is 32.2. The molecule has 0 radical (unpaired) electrons. The third-order valence-corrected chi connectivity index (χ3v) is 9.17. The molecule has 0 bridgehead atoms. The number of nitrogens with zero attached hydrogens (tertiary/aromatic N) is 4. The molecule has 11 heteroatoms. The molecule has 4 aromatic rings. The molecule has 3 heterocycles. The standard InChI is InChI=1S/C26H32N4O5SSi/c1-5-36(32,33)24-10-9-20(16-28-24)35-21-14-19(17-31)25-23(15-21)30(18-34-12-13-37(2,3)4)26(29-25)22-8-6-7-11-27-22/h6-11,14-16,31H,5,12-13,17-18H2,1-4H3. The Morgan fingerprint density at radius 3 is 2.49 bits per heavy atom. The molecule has 0 aliphatic rings. The number of ether oxygens (including phenoxy) is 2. The van der Waals surface area contributed by atoms with Crippen LogP contribution in [0, 0.1) is 0 Å². The number of aliphatic hydroxyl groups excluding tert-OH is 1. The van der Waals surface area contributed by atoms with Gasteiger partial charge in [-0.25, -0.2) is 18.4 Å². The highest BCUT2D eigenvalue weighted by Gasteiger charge is 2.19. The summed E-state index contributed by atoms with van der Waals surface area (Å²) in [5.74, 6) is 1.44. The molecule has 37 heavy (non-hydrogen) atoms. The summed E-state index contributed by atoms with van der Waals surface area (Å²) in [6, 6.07) is 13.2. The molecule has 0 saturated heterocycles. The van der Waals surface area contributed by atoms with Crippen LogP contribution in [0.2, 0.25) is 25.7 Å². The van der Waals surface area contributed by atoms with E-state index < -0.39 is 17.9 Å². The Hall–Kier alpha value is -3.12. The van der Waals surface area contributed by atoms with E-state index in [9.17, 15) is 13.5 Å². The molecule has 1 aromatic carbocycles. The van der Waals surface area contributed by atoms with E-state index in [2.05, 4.69) is 29.6 Å². The van der Waals surface area contributed by atoms with Crippen LogP contribution in [0.5, 0.6) is 11.5 Å². The molecule has 0 amide bonds. The van der Waals surface area contributed by atoms with Gasteiger partial charge in [0.2, 0.25) is 0 Å². The highest BCUT2D eigenvalue weighted by molar-refractivity contribution is 7.91. The van der Waals surface area contributed by atoms with Gasteiger partial charge in [0.25, 0.3) is 0 Å². The monoisotopic (exact) mass is 540 g/mol. The van der Waals surface area contributed by atoms with Crippen molar-refractivity contribution >= 4 is 28.9 Å². The maximum atomic E-state index is 12.1. The predicted molar refractivity (Wildman–Crippen MR) is 145 cm³/mol. The number of imidazole rings is 1. The zero-order chi connectivity index (χ0) is 26.6. The molecule has 9 nitrogen and oxygen atoms in total. The second-order valence-electron chi connectivity index (χ2n) is 9.87. The quantitative estimate of drug-likeness (QED) is 0.211. The lowest BCUT2D eigenvalue weighted by Gasteiger charge is -2.16. The summed E-state index contributed by atoms with van der Waals surface area (Å²) in [5.41, 5.74) is 2.64. The first kappa shape index (κ1) is 26.9. The van der Waals surface area contributed by atoms with Crippen molar-refractivity contribution in [1.82, 2.24) is 19.5 Å². The zero-order valence-electron chi connectivity index (χ0n) is 21.5. The van der Waals surface area contributed by atoms with Gasteiger partial charge in [-0.2, -0.15) is 0 Å². The van der Waals surface area contributed by atoms with Crippen LogP contribution in [0.1, 0.15) is 12.5 Å². The third-order valence-electron chi connectivity index (χ3n) is 5.83. The molecule has 0 fully saturated rings. The van der Waals surface area contributed by atoms with Gasteiger partial charge in [-0.15, -0.1) is 0 Å². The van der Waals surface area contributed by atoms with Gasteiger partial charge in [-0.1, -0.05) is 32.6 Å². The van der Waals surface area contributed by atoms with Crippen molar-refractivity contribution in [2.45, 2.75) is 51.0 Å². The molecule has 0 spiro atoms. The molecular formula is C26H32N4O5SSi. The fraction of sp³-hybridized carbons (Fsp3) is 0.346. The third kappa shape index (κ3) is 6.42. The Labute approximate surface area is 218 Å². The minimum absolute atomic E-state index is 0.00222. The molecule has 0 saturated carbocycles. The van der Waals surface area contributed by atoms with Crippen LogP contribution in [0.15, 0.2) is 59.9 Å². The van der Waals surface area contributed by atoms with E-state index >= 15 is 0 Å². The summed E-state index contributed by atoms with van der Waals surface area (Å²) in [5, 5.41) is 10.1. The van der Waals surface area contributed by atoms with Crippen LogP contribution in [0.25, 0.3) is 22.6 Å². The minimum atomic E-state index is -3.41. The number of sulfone groups is 1. The number of aromatic nitrogens is 4. The fourth-order valence-corrected chi connectivity index (χ4v) is 5.24. The number of rotatable bonds is 11. The van der Waals surface area contributed by atoms with E-state index in [-0.39, 0.29) is 24.1 Å². The first-order valence-corrected chi connectivity index (χ1v) is 17.5. The number of benzene rings is 1. The molecule has 0 aliphatic carbocycles. The first-order valence-electron chi connectivity index (χ1n) is 12.1. The first-order chi connectivity index (χ1) is 17.6. The Bertz CT molecular complexity index is 1470. The zero-order valence-corrected chi connectivity index (χ0v) is 23.3.